The Kier molecular flexibility index (Phi) is 6.41. The SMILES string of the molecule is Cc1ccc(S(=O)(=O)Nc2ccc(C(=O)N/N=C/c3ccc([N+](=O)[O-])cc3)cc2)cc1. The number of amides is 1. The molecular formula is C21H18N4O5S. The summed E-state index contributed by atoms with van der Waals surface area (Å²) in [7, 11) is -3.73. The van der Waals surface area contributed by atoms with E-state index >= 15 is 0 Å². The van der Waals surface area contributed by atoms with E-state index in [1.807, 2.05) is 6.92 Å². The minimum Gasteiger partial charge on any atom is -0.280 e. The van der Waals surface area contributed by atoms with Crippen molar-refractivity contribution in [3.05, 3.63) is 99.6 Å². The molecule has 0 spiro atoms. The Balaban J connectivity index is 1.60. The second kappa shape index (κ2) is 9.18. The van der Waals surface area contributed by atoms with E-state index in [1.165, 1.54) is 66.9 Å². The predicted molar refractivity (Wildman–Crippen MR) is 117 cm³/mol. The van der Waals surface area contributed by atoms with Crippen LogP contribution in [0.4, 0.5) is 11.4 Å². The molecule has 0 heterocycles. The molecule has 0 fully saturated rings. The highest BCUT2D eigenvalue weighted by Crippen LogP contribution is 2.17. The number of anilines is 1. The lowest BCUT2D eigenvalue weighted by molar-refractivity contribution is -0.384. The minimum absolute atomic E-state index is 0.0423. The van der Waals surface area contributed by atoms with Gasteiger partial charge in [0.15, 0.2) is 0 Å². The van der Waals surface area contributed by atoms with Crippen LogP contribution in [0.3, 0.4) is 0 Å². The third-order valence-corrected chi connectivity index (χ3v) is 5.61. The number of carbonyl (C=O) groups is 1. The number of nitro groups is 1. The first-order valence-electron chi connectivity index (χ1n) is 9.02. The smallest absolute Gasteiger partial charge is 0.271 e. The van der Waals surface area contributed by atoms with Crippen LogP contribution in [0.25, 0.3) is 0 Å². The maximum atomic E-state index is 12.4. The highest BCUT2D eigenvalue weighted by atomic mass is 32.2. The molecule has 10 heteroatoms. The van der Waals surface area contributed by atoms with Crippen LogP contribution in [0.5, 0.6) is 0 Å². The summed E-state index contributed by atoms with van der Waals surface area (Å²) in [6.45, 7) is 1.86. The van der Waals surface area contributed by atoms with E-state index in [2.05, 4.69) is 15.2 Å². The lowest BCUT2D eigenvalue weighted by Crippen LogP contribution is -2.18. The number of carbonyl (C=O) groups excluding carboxylic acids is 1. The molecule has 0 radical (unpaired) electrons. The number of sulfonamides is 1. The molecular weight excluding hydrogens is 420 g/mol. The van der Waals surface area contributed by atoms with Crippen molar-refractivity contribution in [3.63, 3.8) is 0 Å². The zero-order chi connectivity index (χ0) is 22.4. The van der Waals surface area contributed by atoms with Gasteiger partial charge in [0.1, 0.15) is 0 Å². The van der Waals surface area contributed by atoms with E-state index in [9.17, 15) is 23.3 Å². The van der Waals surface area contributed by atoms with E-state index < -0.39 is 20.9 Å². The van der Waals surface area contributed by atoms with Gasteiger partial charge < -0.3 is 0 Å². The summed E-state index contributed by atoms with van der Waals surface area (Å²) in [6, 6.07) is 18.0. The third-order valence-electron chi connectivity index (χ3n) is 4.21. The molecule has 0 aliphatic heterocycles. The summed E-state index contributed by atoms with van der Waals surface area (Å²) in [5.41, 5.74) is 4.41. The first-order valence-corrected chi connectivity index (χ1v) is 10.5. The summed E-state index contributed by atoms with van der Waals surface area (Å²) < 4.78 is 27.3. The van der Waals surface area contributed by atoms with Crippen molar-refractivity contribution in [2.75, 3.05) is 4.72 Å². The normalized spacial score (nSPS) is 11.3. The highest BCUT2D eigenvalue weighted by Gasteiger charge is 2.14. The molecule has 0 saturated heterocycles. The van der Waals surface area contributed by atoms with Crippen molar-refractivity contribution in [2.24, 2.45) is 5.10 Å². The van der Waals surface area contributed by atoms with Gasteiger partial charge in [-0.3, -0.25) is 19.6 Å². The van der Waals surface area contributed by atoms with Gasteiger partial charge in [0.25, 0.3) is 21.6 Å². The molecule has 0 aromatic heterocycles. The number of hydrazone groups is 1. The second-order valence-electron chi connectivity index (χ2n) is 6.54. The quantitative estimate of drug-likeness (QED) is 0.331. The Morgan fingerprint density at radius 3 is 2.16 bits per heavy atom. The van der Waals surface area contributed by atoms with Crippen LogP contribution in [-0.2, 0) is 10.0 Å². The van der Waals surface area contributed by atoms with E-state index in [0.717, 1.165) is 5.56 Å². The lowest BCUT2D eigenvalue weighted by atomic mass is 10.2. The molecule has 0 aliphatic carbocycles. The summed E-state index contributed by atoms with van der Waals surface area (Å²) in [4.78, 5) is 22.4. The monoisotopic (exact) mass is 438 g/mol. The first-order chi connectivity index (χ1) is 14.7. The van der Waals surface area contributed by atoms with Crippen molar-refractivity contribution in [3.8, 4) is 0 Å². The summed E-state index contributed by atoms with van der Waals surface area (Å²) in [6.07, 6.45) is 1.35. The number of non-ortho nitro benzene ring substituents is 1. The van der Waals surface area contributed by atoms with Gasteiger partial charge in [-0.1, -0.05) is 17.7 Å². The van der Waals surface area contributed by atoms with Gasteiger partial charge in [0, 0.05) is 23.4 Å². The lowest BCUT2D eigenvalue weighted by Gasteiger charge is -2.09. The third kappa shape index (κ3) is 5.73. The number of aryl methyl sites for hydroxylation is 1. The fraction of sp³-hybridized carbons (Fsp3) is 0.0476. The van der Waals surface area contributed by atoms with Gasteiger partial charge in [0.2, 0.25) is 0 Å². The predicted octanol–water partition coefficient (Wildman–Crippen LogP) is 3.47. The maximum Gasteiger partial charge on any atom is 0.271 e. The first kappa shape index (κ1) is 21.7. The van der Waals surface area contributed by atoms with Crippen molar-refractivity contribution < 1.29 is 18.1 Å². The second-order valence-corrected chi connectivity index (χ2v) is 8.23. The van der Waals surface area contributed by atoms with E-state index in [4.69, 9.17) is 0 Å². The Morgan fingerprint density at radius 2 is 1.58 bits per heavy atom. The van der Waals surface area contributed by atoms with Gasteiger partial charge in [0.05, 0.1) is 16.0 Å². The fourth-order valence-electron chi connectivity index (χ4n) is 2.53. The van der Waals surface area contributed by atoms with Crippen LogP contribution in [-0.4, -0.2) is 25.5 Å². The summed E-state index contributed by atoms with van der Waals surface area (Å²) in [5, 5.41) is 14.4. The van der Waals surface area contributed by atoms with E-state index in [0.29, 0.717) is 11.3 Å². The van der Waals surface area contributed by atoms with Crippen LogP contribution in [0, 0.1) is 17.0 Å². The molecule has 3 aromatic carbocycles. The molecule has 3 rings (SSSR count). The largest absolute Gasteiger partial charge is 0.280 e. The molecule has 3 aromatic rings. The van der Waals surface area contributed by atoms with Gasteiger partial charge in [-0.2, -0.15) is 5.10 Å². The number of nitrogens with one attached hydrogen (secondary N) is 2. The zero-order valence-electron chi connectivity index (χ0n) is 16.3. The molecule has 0 atom stereocenters. The number of nitro benzene ring substituents is 1. The Morgan fingerprint density at radius 1 is 0.968 bits per heavy atom. The van der Waals surface area contributed by atoms with Gasteiger partial charge in [-0.15, -0.1) is 0 Å². The fourth-order valence-corrected chi connectivity index (χ4v) is 3.59. The number of hydrogen-bond acceptors (Lipinski definition) is 6. The van der Waals surface area contributed by atoms with Crippen molar-refractivity contribution in [2.45, 2.75) is 11.8 Å². The van der Waals surface area contributed by atoms with Crippen LogP contribution in [0.2, 0.25) is 0 Å². The average molecular weight is 438 g/mol. The van der Waals surface area contributed by atoms with Crippen molar-refractivity contribution in [1.82, 2.24) is 5.43 Å². The summed E-state index contributed by atoms with van der Waals surface area (Å²) >= 11 is 0. The van der Waals surface area contributed by atoms with Crippen molar-refractivity contribution in [1.29, 1.82) is 0 Å². The van der Waals surface area contributed by atoms with Crippen LogP contribution in [0.1, 0.15) is 21.5 Å². The number of hydrogen-bond donors (Lipinski definition) is 2. The number of benzene rings is 3. The van der Waals surface area contributed by atoms with Crippen LogP contribution >= 0.6 is 0 Å². The minimum atomic E-state index is -3.73. The molecule has 0 unspecified atom stereocenters. The molecule has 2 N–H and O–H groups in total. The standard InChI is InChI=1S/C21H18N4O5S/c1-15-2-12-20(13-3-15)31(29,30)24-18-8-6-17(7-9-18)21(26)23-22-14-16-4-10-19(11-5-16)25(27)28/h2-14,24H,1H3,(H,23,26)/b22-14+. The van der Waals surface area contributed by atoms with E-state index in [1.54, 1.807) is 12.1 Å². The summed E-state index contributed by atoms with van der Waals surface area (Å²) in [5.74, 6) is -0.494. The molecule has 0 aliphatic rings. The topological polar surface area (TPSA) is 131 Å². The molecule has 158 valence electrons. The van der Waals surface area contributed by atoms with E-state index in [-0.39, 0.29) is 16.1 Å². The molecule has 9 nitrogen and oxygen atoms in total. The number of rotatable bonds is 7. The van der Waals surface area contributed by atoms with Gasteiger partial charge in [-0.25, -0.2) is 13.8 Å². The number of nitrogens with zero attached hydrogens (tertiary/aromatic N) is 2. The molecule has 1 amide bonds. The molecule has 0 bridgehead atoms. The van der Waals surface area contributed by atoms with Gasteiger partial charge >= 0.3 is 0 Å². The van der Waals surface area contributed by atoms with Crippen LogP contribution < -0.4 is 10.1 Å². The Bertz CT molecular complexity index is 1220. The Labute approximate surface area is 178 Å². The average Bonchev–Trinajstić information content (AvgIpc) is 2.74. The Hall–Kier alpha value is -4.05. The van der Waals surface area contributed by atoms with Crippen LogP contribution in [0.15, 0.2) is 82.8 Å². The molecule has 0 saturated carbocycles. The maximum absolute atomic E-state index is 12.4. The van der Waals surface area contributed by atoms with Gasteiger partial charge in [-0.05, 0) is 61.0 Å². The molecule has 31 heavy (non-hydrogen) atoms. The zero-order valence-corrected chi connectivity index (χ0v) is 17.2. The highest BCUT2D eigenvalue weighted by molar-refractivity contribution is 7.92. The van der Waals surface area contributed by atoms with Crippen molar-refractivity contribution >= 4 is 33.5 Å².